The first kappa shape index (κ1) is 15.5. The molecular formula is C14H18N6O2. The van der Waals surface area contributed by atoms with E-state index in [-0.39, 0.29) is 11.1 Å². The van der Waals surface area contributed by atoms with Gasteiger partial charge in [-0.3, -0.25) is 9.59 Å². The first-order valence-corrected chi connectivity index (χ1v) is 6.82. The highest BCUT2D eigenvalue weighted by Gasteiger charge is 2.06. The summed E-state index contributed by atoms with van der Waals surface area (Å²) in [5, 5.41) is 0.600. The van der Waals surface area contributed by atoms with Crippen molar-refractivity contribution in [2.75, 3.05) is 5.73 Å². The first-order chi connectivity index (χ1) is 10.5. The average Bonchev–Trinajstić information content (AvgIpc) is 2.94. The Hall–Kier alpha value is -2.90. The van der Waals surface area contributed by atoms with Crippen LogP contribution in [-0.4, -0.2) is 24.9 Å². The molecule has 3 heterocycles. The van der Waals surface area contributed by atoms with Gasteiger partial charge in [-0.15, -0.1) is 0 Å². The van der Waals surface area contributed by atoms with E-state index in [0.717, 1.165) is 0 Å². The van der Waals surface area contributed by atoms with Crippen molar-refractivity contribution in [1.29, 1.82) is 0 Å². The van der Waals surface area contributed by atoms with Crippen molar-refractivity contribution in [2.24, 2.45) is 5.92 Å². The molecule has 3 rings (SSSR count). The summed E-state index contributed by atoms with van der Waals surface area (Å²) in [6.07, 6.45) is 5.06. The van der Waals surface area contributed by atoms with Gasteiger partial charge >= 0.3 is 0 Å². The third kappa shape index (κ3) is 3.60. The minimum absolute atomic E-state index is 0.105. The number of anilines is 1. The van der Waals surface area contributed by atoms with Gasteiger partial charge in [-0.25, -0.2) is 9.97 Å². The van der Waals surface area contributed by atoms with Gasteiger partial charge in [0.15, 0.2) is 0 Å². The number of hydrogen-bond donors (Lipinski definition) is 4. The second-order valence-corrected chi connectivity index (χ2v) is 5.17. The van der Waals surface area contributed by atoms with Crippen LogP contribution in [0.4, 0.5) is 5.82 Å². The molecule has 0 aliphatic heterocycles. The SMILES string of the molecule is CC(C)Cc1c(N)nc[nH]c1=O.O=c1[nH]cnc2[nH]ccc12. The molecular weight excluding hydrogens is 284 g/mol. The van der Waals surface area contributed by atoms with Crippen molar-refractivity contribution in [2.45, 2.75) is 20.3 Å². The van der Waals surface area contributed by atoms with Gasteiger partial charge in [-0.05, 0) is 18.4 Å². The second-order valence-electron chi connectivity index (χ2n) is 5.17. The Kier molecular flexibility index (Phi) is 4.72. The maximum absolute atomic E-state index is 11.2. The molecule has 22 heavy (non-hydrogen) atoms. The fraction of sp³-hybridized carbons (Fsp3) is 0.286. The van der Waals surface area contributed by atoms with Crippen molar-refractivity contribution in [1.82, 2.24) is 24.9 Å². The van der Waals surface area contributed by atoms with Gasteiger partial charge in [-0.2, -0.15) is 0 Å². The molecule has 3 aromatic heterocycles. The van der Waals surface area contributed by atoms with E-state index < -0.39 is 0 Å². The molecule has 116 valence electrons. The minimum Gasteiger partial charge on any atom is -0.383 e. The normalized spacial score (nSPS) is 10.5. The van der Waals surface area contributed by atoms with Crippen LogP contribution in [0.3, 0.4) is 0 Å². The molecule has 0 saturated carbocycles. The zero-order valence-corrected chi connectivity index (χ0v) is 12.4. The summed E-state index contributed by atoms with van der Waals surface area (Å²) in [6.45, 7) is 4.07. The Morgan fingerprint density at radius 3 is 2.41 bits per heavy atom. The third-order valence-corrected chi connectivity index (χ3v) is 2.95. The number of H-pyrrole nitrogens is 3. The van der Waals surface area contributed by atoms with Crippen molar-refractivity contribution in [3.8, 4) is 0 Å². The zero-order chi connectivity index (χ0) is 16.1. The van der Waals surface area contributed by atoms with Crippen LogP contribution in [0.1, 0.15) is 19.4 Å². The molecule has 0 amide bonds. The number of nitrogens with zero attached hydrogens (tertiary/aromatic N) is 2. The summed E-state index contributed by atoms with van der Waals surface area (Å²) in [5.41, 5.74) is 6.52. The van der Waals surface area contributed by atoms with E-state index in [2.05, 4.69) is 24.9 Å². The molecule has 0 aliphatic rings. The van der Waals surface area contributed by atoms with E-state index in [1.54, 1.807) is 12.3 Å². The van der Waals surface area contributed by atoms with E-state index in [1.165, 1.54) is 12.7 Å². The molecule has 0 radical (unpaired) electrons. The molecule has 5 N–H and O–H groups in total. The van der Waals surface area contributed by atoms with Crippen LogP contribution >= 0.6 is 0 Å². The third-order valence-electron chi connectivity index (χ3n) is 2.95. The van der Waals surface area contributed by atoms with Crippen LogP contribution in [0.2, 0.25) is 0 Å². The lowest BCUT2D eigenvalue weighted by atomic mass is 10.1. The maximum Gasteiger partial charge on any atom is 0.260 e. The van der Waals surface area contributed by atoms with Gasteiger partial charge in [-0.1, -0.05) is 13.8 Å². The van der Waals surface area contributed by atoms with Crippen molar-refractivity contribution >= 4 is 16.9 Å². The standard InChI is InChI=1S/C8H13N3O.C6H5N3O/c1-5(2)3-6-7(9)10-4-11-8(6)12;10-6-4-1-2-7-5(4)8-3-9-6/h4-5H,3H2,1-2H3,(H3,9,10,11,12);1-3H,(H2,7,8,9,10). The summed E-state index contributed by atoms with van der Waals surface area (Å²) in [4.78, 5) is 37.6. The molecule has 0 aliphatic carbocycles. The van der Waals surface area contributed by atoms with Crippen molar-refractivity contribution < 1.29 is 0 Å². The van der Waals surface area contributed by atoms with Crippen molar-refractivity contribution in [3.05, 3.63) is 51.2 Å². The molecule has 0 spiro atoms. The molecule has 0 fully saturated rings. The quantitative estimate of drug-likeness (QED) is 0.555. The number of fused-ring (bicyclic) bond motifs is 1. The first-order valence-electron chi connectivity index (χ1n) is 6.82. The van der Waals surface area contributed by atoms with Gasteiger partial charge < -0.3 is 20.7 Å². The Labute approximate surface area is 125 Å². The number of aromatic amines is 3. The molecule has 0 atom stereocenters. The highest BCUT2D eigenvalue weighted by atomic mass is 16.1. The lowest BCUT2D eigenvalue weighted by molar-refractivity contribution is 0.641. The minimum atomic E-state index is -0.129. The van der Waals surface area contributed by atoms with Gasteiger partial charge in [0.25, 0.3) is 11.1 Å². The van der Waals surface area contributed by atoms with Crippen LogP contribution < -0.4 is 16.9 Å². The topological polar surface area (TPSA) is 133 Å². The molecule has 8 heteroatoms. The molecule has 0 aromatic carbocycles. The number of nitrogens with one attached hydrogen (secondary N) is 3. The summed E-state index contributed by atoms with van der Waals surface area (Å²) in [7, 11) is 0. The highest BCUT2D eigenvalue weighted by Crippen LogP contribution is 2.07. The van der Waals surface area contributed by atoms with Gasteiger partial charge in [0, 0.05) is 6.20 Å². The number of hydrogen-bond acceptors (Lipinski definition) is 5. The van der Waals surface area contributed by atoms with Crippen LogP contribution in [0.25, 0.3) is 11.0 Å². The van der Waals surface area contributed by atoms with Gasteiger partial charge in [0.2, 0.25) is 0 Å². The number of nitrogens with two attached hydrogens (primary N) is 1. The predicted molar refractivity (Wildman–Crippen MR) is 84.5 cm³/mol. The molecule has 0 bridgehead atoms. The predicted octanol–water partition coefficient (Wildman–Crippen LogP) is 0.802. The maximum atomic E-state index is 11.2. The van der Waals surface area contributed by atoms with E-state index in [4.69, 9.17) is 5.73 Å². The molecule has 0 unspecified atom stereocenters. The average molecular weight is 302 g/mol. The number of nitrogen functional groups attached to an aromatic ring is 1. The Bertz CT molecular complexity index is 861. The smallest absolute Gasteiger partial charge is 0.260 e. The molecule has 8 nitrogen and oxygen atoms in total. The molecule has 3 aromatic rings. The fourth-order valence-corrected chi connectivity index (χ4v) is 1.93. The number of aromatic nitrogens is 5. The second kappa shape index (κ2) is 6.70. The Balaban J connectivity index is 0.000000162. The fourth-order valence-electron chi connectivity index (χ4n) is 1.93. The Morgan fingerprint density at radius 2 is 1.77 bits per heavy atom. The van der Waals surface area contributed by atoms with Gasteiger partial charge in [0.1, 0.15) is 11.5 Å². The largest absolute Gasteiger partial charge is 0.383 e. The van der Waals surface area contributed by atoms with Crippen LogP contribution in [-0.2, 0) is 6.42 Å². The summed E-state index contributed by atoms with van der Waals surface area (Å²) in [5.74, 6) is 0.755. The number of rotatable bonds is 2. The summed E-state index contributed by atoms with van der Waals surface area (Å²) in [6, 6.07) is 1.70. The van der Waals surface area contributed by atoms with E-state index >= 15 is 0 Å². The lowest BCUT2D eigenvalue weighted by Crippen LogP contribution is -2.17. The monoisotopic (exact) mass is 302 g/mol. The van der Waals surface area contributed by atoms with E-state index in [0.29, 0.717) is 34.8 Å². The van der Waals surface area contributed by atoms with Crippen LogP contribution in [0.15, 0.2) is 34.5 Å². The zero-order valence-electron chi connectivity index (χ0n) is 12.4. The summed E-state index contributed by atoms with van der Waals surface area (Å²) < 4.78 is 0. The van der Waals surface area contributed by atoms with Gasteiger partial charge in [0.05, 0.1) is 23.6 Å². The lowest BCUT2D eigenvalue weighted by Gasteiger charge is -2.04. The summed E-state index contributed by atoms with van der Waals surface area (Å²) >= 11 is 0. The van der Waals surface area contributed by atoms with E-state index in [9.17, 15) is 9.59 Å². The highest BCUT2D eigenvalue weighted by molar-refractivity contribution is 5.73. The van der Waals surface area contributed by atoms with Crippen LogP contribution in [0, 0.1) is 5.92 Å². The Morgan fingerprint density at radius 1 is 1.09 bits per heavy atom. The molecule has 0 saturated heterocycles. The van der Waals surface area contributed by atoms with E-state index in [1.807, 2.05) is 13.8 Å². The van der Waals surface area contributed by atoms with Crippen molar-refractivity contribution in [3.63, 3.8) is 0 Å². The van der Waals surface area contributed by atoms with Crippen LogP contribution in [0.5, 0.6) is 0 Å².